The molecule has 3 aromatic rings. The number of amides is 1. The molecule has 13 nitrogen and oxygen atoms in total. The lowest BCUT2D eigenvalue weighted by atomic mass is 9.94. The van der Waals surface area contributed by atoms with Crippen LogP contribution in [0.4, 0.5) is 19.3 Å². The monoisotopic (exact) mass is 662 g/mol. The second-order valence-electron chi connectivity index (χ2n) is 10.7. The Hall–Kier alpha value is -4.89. The first kappa shape index (κ1) is 32.5. The van der Waals surface area contributed by atoms with Gasteiger partial charge in [-0.1, -0.05) is 24.3 Å². The zero-order valence-corrected chi connectivity index (χ0v) is 25.4. The van der Waals surface area contributed by atoms with Gasteiger partial charge in [-0.3, -0.25) is 4.79 Å². The van der Waals surface area contributed by atoms with Gasteiger partial charge in [0.15, 0.2) is 18.1 Å². The maximum atomic E-state index is 15.8. The fourth-order valence-electron chi connectivity index (χ4n) is 5.24. The third-order valence-electron chi connectivity index (χ3n) is 7.84. The zero-order chi connectivity index (χ0) is 33.4. The predicted octanol–water partition coefficient (Wildman–Crippen LogP) is 3.44. The summed E-state index contributed by atoms with van der Waals surface area (Å²) < 4.78 is 51.4. The Bertz CT molecular complexity index is 1920. The third kappa shape index (κ3) is 5.90. The van der Waals surface area contributed by atoms with Crippen LogP contribution in [0.5, 0.6) is 0 Å². The Morgan fingerprint density at radius 3 is 2.61 bits per heavy atom. The first-order valence-corrected chi connectivity index (χ1v) is 14.3. The summed E-state index contributed by atoms with van der Waals surface area (Å²) in [7, 11) is 1.53. The molecule has 244 valence electrons. The molecule has 1 unspecified atom stereocenters. The quantitative estimate of drug-likeness (QED) is 0.254. The van der Waals surface area contributed by atoms with E-state index in [0.717, 1.165) is 12.3 Å². The number of aromatic nitrogens is 1. The van der Waals surface area contributed by atoms with E-state index in [1.807, 2.05) is 0 Å². The van der Waals surface area contributed by atoms with E-state index in [1.165, 1.54) is 35.6 Å². The van der Waals surface area contributed by atoms with Gasteiger partial charge in [0.1, 0.15) is 23.8 Å². The summed E-state index contributed by atoms with van der Waals surface area (Å²) in [5.74, 6) is -4.65. The largest absolute Gasteiger partial charge is 0.519 e. The lowest BCUT2D eigenvalue weighted by Gasteiger charge is -2.45. The zero-order valence-electron chi connectivity index (χ0n) is 24.7. The molecule has 1 aliphatic carbocycles. The number of aliphatic hydroxyl groups excluding tert-OH is 1. The predicted molar refractivity (Wildman–Crippen MR) is 161 cm³/mol. The first-order valence-electron chi connectivity index (χ1n) is 13.9. The summed E-state index contributed by atoms with van der Waals surface area (Å²) in [6, 6.07) is 0.566. The minimum Gasteiger partial charge on any atom is -0.454 e. The van der Waals surface area contributed by atoms with Gasteiger partial charge < -0.3 is 43.5 Å². The number of aliphatic hydroxyl groups is 1. The number of esters is 1. The van der Waals surface area contributed by atoms with Crippen molar-refractivity contribution < 1.29 is 41.8 Å². The standard InChI is InChI=1S/C30H29ClF2N4O9/c1-4-5-43-29(41)35(3)16-9-36(10-16)26-20(33)7-17-25(24(26)31)37(22-8-21(34)19(32)6-15(22)12-38)11-18(27(17)39)28(40)44-13-23-14(2)45-30(42)46-23/h4,7-8,11,15-16,38H,1,5-6,9-10,12-13,34H2,2-3H3. The second kappa shape index (κ2) is 12.8. The van der Waals surface area contributed by atoms with E-state index in [4.69, 9.17) is 35.6 Å². The highest BCUT2D eigenvalue weighted by Crippen LogP contribution is 2.41. The van der Waals surface area contributed by atoms with Crippen LogP contribution in [0, 0.1) is 18.7 Å². The fraction of sp³-hybridized carbons (Fsp3) is 0.333. The van der Waals surface area contributed by atoms with E-state index < -0.39 is 59.7 Å². The van der Waals surface area contributed by atoms with E-state index in [0.29, 0.717) is 0 Å². The number of halogens is 3. The van der Waals surface area contributed by atoms with Crippen LogP contribution in [0.3, 0.4) is 0 Å². The van der Waals surface area contributed by atoms with Crippen molar-refractivity contribution in [1.82, 2.24) is 9.47 Å². The van der Waals surface area contributed by atoms with Crippen molar-refractivity contribution in [2.24, 2.45) is 11.7 Å². The number of hydrogen-bond acceptors (Lipinski definition) is 11. The second-order valence-corrected chi connectivity index (χ2v) is 11.1. The summed E-state index contributed by atoms with van der Waals surface area (Å²) in [5, 5.41) is 9.58. The molecule has 0 bridgehead atoms. The molecule has 3 N–H and O–H groups in total. The van der Waals surface area contributed by atoms with Gasteiger partial charge in [-0.2, -0.15) is 0 Å². The number of pyridine rings is 1. The number of ether oxygens (including phenoxy) is 2. The molecule has 46 heavy (non-hydrogen) atoms. The number of nitrogens with two attached hydrogens (primary N) is 1. The van der Waals surface area contributed by atoms with Crippen molar-refractivity contribution in [2.45, 2.75) is 26.0 Å². The molecule has 0 radical (unpaired) electrons. The number of carbonyl (C=O) groups is 2. The van der Waals surface area contributed by atoms with Gasteiger partial charge in [-0.25, -0.2) is 23.2 Å². The van der Waals surface area contributed by atoms with Crippen LogP contribution in [0.2, 0.25) is 5.02 Å². The Balaban J connectivity index is 1.60. The van der Waals surface area contributed by atoms with Crippen molar-refractivity contribution >= 4 is 46.0 Å². The van der Waals surface area contributed by atoms with Crippen molar-refractivity contribution in [3.63, 3.8) is 0 Å². The third-order valence-corrected chi connectivity index (χ3v) is 8.20. The highest BCUT2D eigenvalue weighted by molar-refractivity contribution is 6.38. The Kier molecular flexibility index (Phi) is 9.08. The molecule has 1 aliphatic heterocycles. The molecule has 2 aromatic heterocycles. The number of nitrogens with zero attached hydrogens (tertiary/aromatic N) is 3. The first-order chi connectivity index (χ1) is 21.9. The van der Waals surface area contributed by atoms with E-state index in [1.54, 1.807) is 4.90 Å². The molecule has 3 heterocycles. The lowest BCUT2D eigenvalue weighted by molar-refractivity contribution is 0.0441. The summed E-state index contributed by atoms with van der Waals surface area (Å²) in [4.78, 5) is 53.4. The molecule has 1 saturated heterocycles. The van der Waals surface area contributed by atoms with Gasteiger partial charge >= 0.3 is 17.9 Å². The number of likely N-dealkylation sites (N-methyl/N-ethyl adjacent to an activating group) is 1. The molecule has 1 aromatic carbocycles. The number of fused-ring (bicyclic) bond motifs is 1. The van der Waals surface area contributed by atoms with Crippen LogP contribution in [0.1, 0.15) is 28.3 Å². The molecule has 16 heteroatoms. The topological polar surface area (TPSA) is 171 Å². The molecular formula is C30H29ClF2N4O9. The van der Waals surface area contributed by atoms with Crippen molar-refractivity contribution in [1.29, 1.82) is 0 Å². The van der Waals surface area contributed by atoms with Gasteiger partial charge in [0, 0.05) is 44.4 Å². The highest BCUT2D eigenvalue weighted by Gasteiger charge is 2.37. The normalized spacial score (nSPS) is 16.7. The lowest BCUT2D eigenvalue weighted by Crippen LogP contribution is -2.60. The molecule has 1 amide bonds. The minimum absolute atomic E-state index is 0.0193. The van der Waals surface area contributed by atoms with E-state index >= 15 is 4.39 Å². The number of aryl methyl sites for hydroxylation is 1. The number of anilines is 1. The summed E-state index contributed by atoms with van der Waals surface area (Å²) in [6.45, 7) is 4.16. The number of benzene rings is 1. The van der Waals surface area contributed by atoms with Crippen molar-refractivity contribution in [3.8, 4) is 0 Å². The van der Waals surface area contributed by atoms with Gasteiger partial charge in [0.25, 0.3) is 0 Å². The molecule has 1 fully saturated rings. The SMILES string of the molecule is C=CCOC(=O)N(C)C1CN(c2c(F)cc3c(=O)c(C(=O)OCc4oc(=O)oc4C)cn(C4=CC(N)=C(F)CC4CO)c3c2Cl)C1. The van der Waals surface area contributed by atoms with E-state index in [9.17, 15) is 28.7 Å². The maximum absolute atomic E-state index is 15.8. The molecule has 2 aliphatic rings. The van der Waals surface area contributed by atoms with Gasteiger partial charge in [-0.05, 0) is 19.1 Å². The number of hydrogen-bond donors (Lipinski definition) is 2. The smallest absolute Gasteiger partial charge is 0.454 e. The van der Waals surface area contributed by atoms with Crippen LogP contribution in [-0.2, 0) is 16.1 Å². The number of allylic oxidation sites excluding steroid dienone is 2. The number of carbonyl (C=O) groups excluding carboxylic acids is 2. The Labute approximate surface area is 264 Å². The van der Waals surface area contributed by atoms with Crippen molar-refractivity contribution in [3.05, 3.63) is 91.3 Å². The van der Waals surface area contributed by atoms with E-state index in [2.05, 4.69) is 6.58 Å². The Morgan fingerprint density at radius 2 is 1.98 bits per heavy atom. The molecule has 0 saturated carbocycles. The molecule has 0 spiro atoms. The van der Waals surface area contributed by atoms with E-state index in [-0.39, 0.29) is 76.7 Å². The summed E-state index contributed by atoms with van der Waals surface area (Å²) in [6.07, 6.45) is 2.85. The average Bonchev–Trinajstić information content (AvgIpc) is 3.33. The van der Waals surface area contributed by atoms with Crippen LogP contribution < -0.4 is 21.9 Å². The maximum Gasteiger partial charge on any atom is 0.519 e. The highest BCUT2D eigenvalue weighted by atomic mass is 35.5. The number of rotatable bonds is 9. The van der Waals surface area contributed by atoms with Crippen LogP contribution in [-0.4, -0.2) is 66.0 Å². The summed E-state index contributed by atoms with van der Waals surface area (Å²) in [5.41, 5.74) is 4.17. The summed E-state index contributed by atoms with van der Waals surface area (Å²) >= 11 is 6.82. The average molecular weight is 663 g/mol. The molecule has 5 rings (SSSR count). The Morgan fingerprint density at radius 1 is 1.26 bits per heavy atom. The van der Waals surface area contributed by atoms with Gasteiger partial charge in [-0.15, -0.1) is 0 Å². The van der Waals surface area contributed by atoms with Crippen LogP contribution >= 0.6 is 11.6 Å². The molecule has 1 atom stereocenters. The van der Waals surface area contributed by atoms with Crippen molar-refractivity contribution in [2.75, 3.05) is 38.3 Å². The van der Waals surface area contributed by atoms with Crippen LogP contribution in [0.25, 0.3) is 16.6 Å². The molecular weight excluding hydrogens is 634 g/mol. The van der Waals surface area contributed by atoms with Gasteiger partial charge in [0.2, 0.25) is 5.43 Å². The van der Waals surface area contributed by atoms with Crippen LogP contribution in [0.15, 0.2) is 60.9 Å². The van der Waals surface area contributed by atoms with Gasteiger partial charge in [0.05, 0.1) is 40.0 Å². The minimum atomic E-state index is -1.16. The fourth-order valence-corrected chi connectivity index (χ4v) is 5.64.